The molecule has 5 nitrogen and oxygen atoms in total. The van der Waals surface area contributed by atoms with Gasteiger partial charge in [0.1, 0.15) is 6.04 Å². The lowest BCUT2D eigenvalue weighted by atomic mass is 10.1. The molecule has 0 radical (unpaired) electrons. The Balaban J connectivity index is 0.00000208. The van der Waals surface area contributed by atoms with Crippen molar-refractivity contribution in [2.75, 3.05) is 24.7 Å². The number of carbonyl (C=O) groups is 2. The van der Waals surface area contributed by atoms with Crippen LogP contribution in [-0.4, -0.2) is 58.4 Å². The predicted molar refractivity (Wildman–Crippen MR) is 99.3 cm³/mol. The number of likely N-dealkylation sites (tertiary alicyclic amines) is 1. The Morgan fingerprint density at radius 1 is 1.25 bits per heavy atom. The van der Waals surface area contributed by atoms with Crippen LogP contribution in [-0.2, 0) is 4.79 Å². The monoisotopic (exact) mass is 369 g/mol. The number of thioether (sulfide) groups is 1. The van der Waals surface area contributed by atoms with Crippen molar-refractivity contribution in [2.45, 2.75) is 25.4 Å². The number of nitrogens with zero attached hydrogens (tertiary/aromatic N) is 2. The predicted octanol–water partition coefficient (Wildman–Crippen LogP) is 1.82. The van der Waals surface area contributed by atoms with Gasteiger partial charge in [0, 0.05) is 23.9 Å². The van der Waals surface area contributed by atoms with E-state index in [9.17, 15) is 9.59 Å². The number of benzene rings is 1. The topological polar surface area (TPSA) is 66.6 Å². The van der Waals surface area contributed by atoms with Crippen molar-refractivity contribution in [3.63, 3.8) is 0 Å². The van der Waals surface area contributed by atoms with Gasteiger partial charge in [0.25, 0.3) is 5.91 Å². The number of amides is 2. The summed E-state index contributed by atoms with van der Waals surface area (Å²) < 4.78 is 0. The molecule has 2 heterocycles. The van der Waals surface area contributed by atoms with E-state index in [1.807, 2.05) is 23.1 Å². The average Bonchev–Trinajstić information content (AvgIpc) is 3.21. The summed E-state index contributed by atoms with van der Waals surface area (Å²) in [7, 11) is 0. The Hall–Kier alpha value is -1.24. The number of halogens is 1. The number of rotatable bonds is 3. The van der Waals surface area contributed by atoms with Crippen molar-refractivity contribution in [3.8, 4) is 0 Å². The van der Waals surface area contributed by atoms with Crippen LogP contribution >= 0.6 is 24.2 Å². The van der Waals surface area contributed by atoms with Crippen molar-refractivity contribution in [2.24, 2.45) is 11.7 Å². The zero-order valence-corrected chi connectivity index (χ0v) is 15.4. The highest BCUT2D eigenvalue weighted by atomic mass is 35.5. The van der Waals surface area contributed by atoms with E-state index in [-0.39, 0.29) is 36.3 Å². The zero-order valence-electron chi connectivity index (χ0n) is 13.8. The summed E-state index contributed by atoms with van der Waals surface area (Å²) in [5.41, 5.74) is 6.40. The summed E-state index contributed by atoms with van der Waals surface area (Å²) in [5, 5.41) is 0. The van der Waals surface area contributed by atoms with Gasteiger partial charge in [-0.05, 0) is 37.9 Å². The molecule has 3 rings (SSSR count). The highest BCUT2D eigenvalue weighted by Gasteiger charge is 2.41. The first kappa shape index (κ1) is 19.1. The molecule has 0 saturated carbocycles. The van der Waals surface area contributed by atoms with Gasteiger partial charge in [0.15, 0.2) is 0 Å². The van der Waals surface area contributed by atoms with E-state index >= 15 is 0 Å². The average molecular weight is 370 g/mol. The van der Waals surface area contributed by atoms with E-state index in [4.69, 9.17) is 5.73 Å². The molecule has 1 aromatic rings. The van der Waals surface area contributed by atoms with Crippen LogP contribution in [0, 0.1) is 5.92 Å². The van der Waals surface area contributed by atoms with Crippen LogP contribution in [0.1, 0.15) is 23.7 Å². The lowest BCUT2D eigenvalue weighted by molar-refractivity contribution is -0.135. The molecule has 2 aliphatic rings. The summed E-state index contributed by atoms with van der Waals surface area (Å²) >= 11 is 1.64. The molecule has 2 saturated heterocycles. The Labute approximate surface area is 153 Å². The van der Waals surface area contributed by atoms with Crippen molar-refractivity contribution >= 4 is 36.0 Å². The quantitative estimate of drug-likeness (QED) is 0.882. The van der Waals surface area contributed by atoms with Crippen LogP contribution in [0.4, 0.5) is 0 Å². The smallest absolute Gasteiger partial charge is 0.255 e. The molecule has 2 N–H and O–H groups in total. The fourth-order valence-electron chi connectivity index (χ4n) is 3.41. The van der Waals surface area contributed by atoms with Crippen LogP contribution in [0.25, 0.3) is 0 Å². The third kappa shape index (κ3) is 3.71. The van der Waals surface area contributed by atoms with E-state index in [1.165, 1.54) is 0 Å². The molecule has 0 bridgehead atoms. The van der Waals surface area contributed by atoms with E-state index < -0.39 is 0 Å². The van der Waals surface area contributed by atoms with Crippen molar-refractivity contribution in [1.82, 2.24) is 9.80 Å². The fraction of sp³-hybridized carbons (Fsp3) is 0.529. The third-order valence-corrected chi connectivity index (χ3v) is 5.74. The molecule has 1 aromatic carbocycles. The van der Waals surface area contributed by atoms with Crippen molar-refractivity contribution in [1.29, 1.82) is 0 Å². The van der Waals surface area contributed by atoms with Gasteiger partial charge in [-0.2, -0.15) is 0 Å². The zero-order chi connectivity index (χ0) is 16.4. The summed E-state index contributed by atoms with van der Waals surface area (Å²) in [6.45, 7) is 3.39. The third-order valence-electron chi connectivity index (χ3n) is 4.73. The molecule has 3 unspecified atom stereocenters. The maximum absolute atomic E-state index is 12.9. The second kappa shape index (κ2) is 8.23. The van der Waals surface area contributed by atoms with E-state index in [2.05, 4.69) is 6.92 Å². The summed E-state index contributed by atoms with van der Waals surface area (Å²) in [6.07, 6.45) is 0.953. The molecule has 24 heavy (non-hydrogen) atoms. The van der Waals surface area contributed by atoms with E-state index in [0.717, 1.165) is 6.42 Å². The van der Waals surface area contributed by atoms with E-state index in [0.29, 0.717) is 36.2 Å². The maximum atomic E-state index is 12.9. The van der Waals surface area contributed by atoms with Crippen LogP contribution in [0.15, 0.2) is 30.3 Å². The highest BCUT2D eigenvalue weighted by Crippen LogP contribution is 2.29. The second-order valence-corrected chi connectivity index (χ2v) is 7.33. The molecule has 0 spiro atoms. The SMILES string of the molecule is CC1CC(CN)CN1C(=O)C1CSCN1C(=O)c1ccccc1.Cl. The van der Waals surface area contributed by atoms with Gasteiger partial charge in [-0.1, -0.05) is 18.2 Å². The lowest BCUT2D eigenvalue weighted by Gasteiger charge is -2.29. The minimum atomic E-state index is -0.355. The fourth-order valence-corrected chi connectivity index (χ4v) is 4.55. The maximum Gasteiger partial charge on any atom is 0.255 e. The van der Waals surface area contributed by atoms with Gasteiger partial charge >= 0.3 is 0 Å². The van der Waals surface area contributed by atoms with Crippen molar-refractivity contribution < 1.29 is 9.59 Å². The first-order valence-electron chi connectivity index (χ1n) is 8.06. The first-order chi connectivity index (χ1) is 11.1. The van der Waals surface area contributed by atoms with Crippen LogP contribution in [0.2, 0.25) is 0 Å². The minimum absolute atomic E-state index is 0. The van der Waals surface area contributed by atoms with Gasteiger partial charge in [-0.25, -0.2) is 0 Å². The molecular formula is C17H24ClN3O2S. The van der Waals surface area contributed by atoms with Crippen LogP contribution < -0.4 is 5.73 Å². The Kier molecular flexibility index (Phi) is 6.54. The van der Waals surface area contributed by atoms with Gasteiger partial charge in [0.05, 0.1) is 5.88 Å². The van der Waals surface area contributed by atoms with Crippen molar-refractivity contribution in [3.05, 3.63) is 35.9 Å². The molecule has 2 fully saturated rings. The first-order valence-corrected chi connectivity index (χ1v) is 9.21. The number of hydrogen-bond acceptors (Lipinski definition) is 4. The highest BCUT2D eigenvalue weighted by molar-refractivity contribution is 7.99. The normalized spacial score (nSPS) is 26.3. The minimum Gasteiger partial charge on any atom is -0.338 e. The van der Waals surface area contributed by atoms with Crippen LogP contribution in [0.5, 0.6) is 0 Å². The van der Waals surface area contributed by atoms with E-state index in [1.54, 1.807) is 28.8 Å². The molecule has 7 heteroatoms. The molecule has 2 aliphatic heterocycles. The molecule has 3 atom stereocenters. The Morgan fingerprint density at radius 2 is 1.96 bits per heavy atom. The second-order valence-electron chi connectivity index (χ2n) is 6.33. The Bertz CT molecular complexity index is 586. The molecule has 0 aromatic heterocycles. The number of hydrogen-bond donors (Lipinski definition) is 1. The van der Waals surface area contributed by atoms with Gasteiger partial charge < -0.3 is 15.5 Å². The summed E-state index contributed by atoms with van der Waals surface area (Å²) in [6, 6.07) is 9.04. The molecule has 2 amide bonds. The van der Waals surface area contributed by atoms with Crippen LogP contribution in [0.3, 0.4) is 0 Å². The summed E-state index contributed by atoms with van der Waals surface area (Å²) in [5.74, 6) is 1.64. The standard InChI is InChI=1S/C17H23N3O2S.ClH/c1-12-7-13(8-18)9-19(12)17(22)15-10-23-11-20(15)16(21)14-5-3-2-4-6-14;/h2-6,12-13,15H,7-11,18H2,1H3;1H. The summed E-state index contributed by atoms with van der Waals surface area (Å²) in [4.78, 5) is 29.3. The van der Waals surface area contributed by atoms with Gasteiger partial charge in [-0.15, -0.1) is 24.2 Å². The lowest BCUT2D eigenvalue weighted by Crippen LogP contribution is -2.50. The number of nitrogens with two attached hydrogens (primary N) is 1. The largest absolute Gasteiger partial charge is 0.338 e. The van der Waals surface area contributed by atoms with Gasteiger partial charge in [-0.3, -0.25) is 9.59 Å². The molecular weight excluding hydrogens is 346 g/mol. The molecule has 132 valence electrons. The number of carbonyl (C=O) groups excluding carboxylic acids is 2. The Morgan fingerprint density at radius 3 is 2.58 bits per heavy atom. The van der Waals surface area contributed by atoms with Gasteiger partial charge in [0.2, 0.25) is 5.91 Å². The molecule has 0 aliphatic carbocycles.